The lowest BCUT2D eigenvalue weighted by molar-refractivity contribution is -0.184. The van der Waals surface area contributed by atoms with Crippen molar-refractivity contribution in [2.24, 2.45) is 22.7 Å². The zero-order valence-electron chi connectivity index (χ0n) is 18.5. The Labute approximate surface area is 178 Å². The molecule has 0 aromatic heterocycles. The Kier molecular flexibility index (Phi) is 5.32. The third kappa shape index (κ3) is 2.88. The number of ketones is 2. The monoisotopic (exact) mass is 414 g/mol. The lowest BCUT2D eigenvalue weighted by atomic mass is 9.50. The van der Waals surface area contributed by atoms with Gasteiger partial charge in [0.1, 0.15) is 6.61 Å². The minimum absolute atomic E-state index is 0.0662. The minimum Gasteiger partial charge on any atom is -0.450 e. The van der Waals surface area contributed by atoms with Crippen molar-refractivity contribution in [2.45, 2.75) is 84.2 Å². The predicted molar refractivity (Wildman–Crippen MR) is 113 cm³/mol. The molecule has 30 heavy (non-hydrogen) atoms. The number of carbonyl (C=O) groups is 3. The molecule has 5 nitrogen and oxygen atoms in total. The first-order chi connectivity index (χ1) is 14.2. The van der Waals surface area contributed by atoms with Crippen molar-refractivity contribution in [1.29, 1.82) is 0 Å². The van der Waals surface area contributed by atoms with Crippen molar-refractivity contribution < 1.29 is 24.2 Å². The lowest BCUT2D eigenvalue weighted by Gasteiger charge is -2.55. The number of ether oxygens (including phenoxy) is 1. The second kappa shape index (κ2) is 7.44. The van der Waals surface area contributed by atoms with Crippen LogP contribution in [0.1, 0.15) is 78.6 Å². The maximum Gasteiger partial charge on any atom is 0.306 e. The SMILES string of the molecule is CCCC(=O)O[C@@]1(C(=O)CO)CCC2C3CCC4=CC(=O)CCC4(C)C3=CCC21C. The molecule has 0 aromatic carbocycles. The minimum atomic E-state index is -1.24. The van der Waals surface area contributed by atoms with Crippen LogP contribution in [0.2, 0.25) is 0 Å². The van der Waals surface area contributed by atoms with Crippen molar-refractivity contribution >= 4 is 17.5 Å². The second-order valence-electron chi connectivity index (χ2n) is 10.2. The van der Waals surface area contributed by atoms with Crippen LogP contribution in [0.5, 0.6) is 0 Å². The summed E-state index contributed by atoms with van der Waals surface area (Å²) < 4.78 is 5.96. The molecule has 5 heteroatoms. The Hall–Kier alpha value is -1.75. The van der Waals surface area contributed by atoms with Gasteiger partial charge < -0.3 is 9.84 Å². The molecule has 4 rings (SSSR count). The fourth-order valence-corrected chi connectivity index (χ4v) is 7.11. The number of hydrogen-bond donors (Lipinski definition) is 1. The van der Waals surface area contributed by atoms with E-state index < -0.39 is 17.6 Å². The number of aliphatic hydroxyl groups is 1. The largest absolute Gasteiger partial charge is 0.450 e. The molecule has 4 aliphatic carbocycles. The van der Waals surface area contributed by atoms with Crippen LogP contribution in [0, 0.1) is 22.7 Å². The average molecular weight is 415 g/mol. The number of Topliss-reactive ketones (excluding diaryl/α,β-unsaturated/α-hetero) is 1. The fraction of sp³-hybridized carbons (Fsp3) is 0.720. The van der Waals surface area contributed by atoms with Gasteiger partial charge >= 0.3 is 5.97 Å². The number of carbonyl (C=O) groups excluding carboxylic acids is 3. The molecule has 0 bridgehead atoms. The zero-order chi connectivity index (χ0) is 21.7. The molecule has 0 heterocycles. The van der Waals surface area contributed by atoms with Gasteiger partial charge in [0.05, 0.1) is 0 Å². The van der Waals surface area contributed by atoms with E-state index >= 15 is 0 Å². The molecule has 0 saturated heterocycles. The summed E-state index contributed by atoms with van der Waals surface area (Å²) in [5, 5.41) is 9.76. The van der Waals surface area contributed by atoms with Crippen LogP contribution in [0.3, 0.4) is 0 Å². The first-order valence-electron chi connectivity index (χ1n) is 11.5. The van der Waals surface area contributed by atoms with Gasteiger partial charge in [-0.15, -0.1) is 0 Å². The van der Waals surface area contributed by atoms with E-state index in [1.165, 1.54) is 11.1 Å². The normalized spacial score (nSPS) is 39.9. The van der Waals surface area contributed by atoms with Crippen LogP contribution >= 0.6 is 0 Å². The third-order valence-corrected chi connectivity index (χ3v) is 8.79. The number of hydrogen-bond acceptors (Lipinski definition) is 5. The Morgan fingerprint density at radius 2 is 1.97 bits per heavy atom. The lowest BCUT2D eigenvalue weighted by Crippen LogP contribution is -2.57. The Morgan fingerprint density at radius 1 is 1.20 bits per heavy atom. The molecule has 0 aromatic rings. The smallest absolute Gasteiger partial charge is 0.306 e. The van der Waals surface area contributed by atoms with Gasteiger partial charge in [0.15, 0.2) is 11.4 Å². The number of rotatable bonds is 5. The van der Waals surface area contributed by atoms with Crippen molar-refractivity contribution in [2.75, 3.05) is 6.61 Å². The molecule has 0 radical (unpaired) electrons. The summed E-state index contributed by atoms with van der Waals surface area (Å²) in [5.41, 5.74) is 0.868. The highest BCUT2D eigenvalue weighted by atomic mass is 16.6. The molecule has 2 fully saturated rings. The summed E-state index contributed by atoms with van der Waals surface area (Å²) in [6.45, 7) is 5.67. The molecule has 0 spiro atoms. The van der Waals surface area contributed by atoms with Gasteiger partial charge in [0, 0.05) is 23.7 Å². The molecule has 4 unspecified atom stereocenters. The Balaban J connectivity index is 1.74. The van der Waals surface area contributed by atoms with Gasteiger partial charge in [-0.2, -0.15) is 0 Å². The molecular formula is C25H34O5. The topological polar surface area (TPSA) is 80.7 Å². The van der Waals surface area contributed by atoms with E-state index in [1.807, 2.05) is 13.0 Å². The highest BCUT2D eigenvalue weighted by Crippen LogP contribution is 2.66. The van der Waals surface area contributed by atoms with E-state index in [2.05, 4.69) is 19.9 Å². The van der Waals surface area contributed by atoms with Crippen molar-refractivity contribution in [1.82, 2.24) is 0 Å². The maximum absolute atomic E-state index is 13.0. The molecule has 4 aliphatic rings. The van der Waals surface area contributed by atoms with Gasteiger partial charge in [0.25, 0.3) is 0 Å². The fourth-order valence-electron chi connectivity index (χ4n) is 7.11. The first-order valence-corrected chi connectivity index (χ1v) is 11.5. The highest BCUT2D eigenvalue weighted by molar-refractivity contribution is 5.93. The predicted octanol–water partition coefficient (Wildman–Crippen LogP) is 4.08. The summed E-state index contributed by atoms with van der Waals surface area (Å²) in [4.78, 5) is 37.5. The molecule has 0 aliphatic heterocycles. The van der Waals surface area contributed by atoms with Crippen LogP contribution in [0.4, 0.5) is 0 Å². The molecule has 164 valence electrons. The summed E-state index contributed by atoms with van der Waals surface area (Å²) in [6.07, 6.45) is 10.4. The van der Waals surface area contributed by atoms with Crippen molar-refractivity contribution in [3.8, 4) is 0 Å². The van der Waals surface area contributed by atoms with E-state index in [-0.39, 0.29) is 35.3 Å². The molecule has 5 atom stereocenters. The standard InChI is InChI=1S/C25H34O5/c1-4-5-22(29)30-25(21(28)15-26)13-10-20-18-7-6-16-14-17(27)8-11-23(16,2)19(18)9-12-24(20,25)3/h9,14,18,20,26H,4-8,10-13,15H2,1-3H3/t18?,20?,23?,24?,25-/m1/s1. The van der Waals surface area contributed by atoms with Gasteiger partial charge in [0.2, 0.25) is 5.78 Å². The summed E-state index contributed by atoms with van der Waals surface area (Å²) >= 11 is 0. The average Bonchev–Trinajstić information content (AvgIpc) is 3.01. The van der Waals surface area contributed by atoms with E-state index in [0.717, 1.165) is 25.7 Å². The molecule has 2 saturated carbocycles. The van der Waals surface area contributed by atoms with E-state index in [1.54, 1.807) is 0 Å². The van der Waals surface area contributed by atoms with E-state index in [9.17, 15) is 19.5 Å². The van der Waals surface area contributed by atoms with Crippen LogP contribution in [-0.4, -0.2) is 34.9 Å². The summed E-state index contributed by atoms with van der Waals surface area (Å²) in [5.74, 6) is 0.0939. The van der Waals surface area contributed by atoms with E-state index in [0.29, 0.717) is 31.6 Å². The third-order valence-electron chi connectivity index (χ3n) is 8.79. The van der Waals surface area contributed by atoms with Crippen LogP contribution in [0.15, 0.2) is 23.3 Å². The first kappa shape index (κ1) is 21.5. The van der Waals surface area contributed by atoms with Crippen molar-refractivity contribution in [3.63, 3.8) is 0 Å². The van der Waals surface area contributed by atoms with Gasteiger partial charge in [-0.25, -0.2) is 0 Å². The van der Waals surface area contributed by atoms with Crippen LogP contribution < -0.4 is 0 Å². The summed E-state index contributed by atoms with van der Waals surface area (Å²) in [6, 6.07) is 0. The van der Waals surface area contributed by atoms with Gasteiger partial charge in [-0.1, -0.05) is 38.0 Å². The number of allylic oxidation sites excluding steroid dienone is 4. The number of aliphatic hydroxyl groups excluding tert-OH is 1. The number of fused-ring (bicyclic) bond motifs is 5. The molecule has 1 N–H and O–H groups in total. The van der Waals surface area contributed by atoms with Crippen LogP contribution in [0.25, 0.3) is 0 Å². The molecular weight excluding hydrogens is 380 g/mol. The van der Waals surface area contributed by atoms with Gasteiger partial charge in [-0.05, 0) is 62.9 Å². The quantitative estimate of drug-likeness (QED) is 0.541. The summed E-state index contributed by atoms with van der Waals surface area (Å²) in [7, 11) is 0. The molecule has 0 amide bonds. The highest BCUT2D eigenvalue weighted by Gasteiger charge is 2.66. The van der Waals surface area contributed by atoms with Crippen molar-refractivity contribution in [3.05, 3.63) is 23.3 Å². The van der Waals surface area contributed by atoms with E-state index in [4.69, 9.17) is 4.74 Å². The Morgan fingerprint density at radius 3 is 2.67 bits per heavy atom. The second-order valence-corrected chi connectivity index (χ2v) is 10.2. The Bertz CT molecular complexity index is 838. The number of esters is 1. The van der Waals surface area contributed by atoms with Crippen LogP contribution in [-0.2, 0) is 19.1 Å². The van der Waals surface area contributed by atoms with Gasteiger partial charge in [-0.3, -0.25) is 14.4 Å². The zero-order valence-corrected chi connectivity index (χ0v) is 18.5. The maximum atomic E-state index is 13.0.